The maximum Gasteiger partial charge on any atom is 0.337 e. The highest BCUT2D eigenvalue weighted by Crippen LogP contribution is 2.14. The number of aryl methyl sites for hydroxylation is 1. The van der Waals surface area contributed by atoms with Gasteiger partial charge in [-0.1, -0.05) is 30.3 Å². The molecule has 0 saturated heterocycles. The van der Waals surface area contributed by atoms with E-state index in [1.54, 1.807) is 36.5 Å². The van der Waals surface area contributed by atoms with Crippen LogP contribution in [0.1, 0.15) is 32.7 Å². The van der Waals surface area contributed by atoms with Gasteiger partial charge in [-0.15, -0.1) is 0 Å². The Morgan fingerprint density at radius 3 is 2.41 bits per heavy atom. The molecule has 0 bridgehead atoms. The monoisotopic (exact) mass is 389 g/mol. The van der Waals surface area contributed by atoms with E-state index in [1.165, 1.54) is 18.9 Å². The van der Waals surface area contributed by atoms with Crippen molar-refractivity contribution in [3.63, 3.8) is 0 Å². The molecule has 6 nitrogen and oxygen atoms in total. The average Bonchev–Trinajstić information content (AvgIpc) is 2.77. The molecule has 1 heterocycles. The molecule has 0 fully saturated rings. The predicted octanol–water partition coefficient (Wildman–Crippen LogP) is 4.17. The van der Waals surface area contributed by atoms with E-state index in [-0.39, 0.29) is 5.91 Å². The predicted molar refractivity (Wildman–Crippen MR) is 113 cm³/mol. The molecule has 29 heavy (non-hydrogen) atoms. The second-order valence-corrected chi connectivity index (χ2v) is 6.50. The van der Waals surface area contributed by atoms with E-state index in [4.69, 9.17) is 0 Å². The van der Waals surface area contributed by atoms with Crippen molar-refractivity contribution in [2.45, 2.75) is 12.8 Å². The summed E-state index contributed by atoms with van der Waals surface area (Å²) in [4.78, 5) is 28.1. The highest BCUT2D eigenvalue weighted by atomic mass is 16.5. The fourth-order valence-electron chi connectivity index (χ4n) is 2.84. The van der Waals surface area contributed by atoms with Gasteiger partial charge < -0.3 is 15.4 Å². The second kappa shape index (κ2) is 10.0. The van der Waals surface area contributed by atoms with Gasteiger partial charge in [0, 0.05) is 24.6 Å². The van der Waals surface area contributed by atoms with Crippen LogP contribution in [0.5, 0.6) is 0 Å². The molecule has 0 unspecified atom stereocenters. The first-order valence-electron chi connectivity index (χ1n) is 9.38. The van der Waals surface area contributed by atoms with E-state index in [1.807, 2.05) is 18.2 Å². The molecule has 2 aromatic carbocycles. The minimum Gasteiger partial charge on any atom is -0.465 e. The van der Waals surface area contributed by atoms with Gasteiger partial charge in [-0.25, -0.2) is 4.79 Å². The van der Waals surface area contributed by atoms with Crippen LogP contribution in [-0.2, 0) is 11.2 Å². The molecule has 0 aliphatic rings. The Kier molecular flexibility index (Phi) is 6.95. The summed E-state index contributed by atoms with van der Waals surface area (Å²) >= 11 is 0. The molecule has 3 aromatic rings. The number of hydrogen-bond donors (Lipinski definition) is 2. The molecule has 0 spiro atoms. The van der Waals surface area contributed by atoms with Crippen molar-refractivity contribution in [3.05, 3.63) is 89.7 Å². The topological polar surface area (TPSA) is 80.3 Å². The molecule has 0 aliphatic heterocycles. The highest BCUT2D eigenvalue weighted by Gasteiger charge is 2.09. The van der Waals surface area contributed by atoms with Gasteiger partial charge >= 0.3 is 5.97 Å². The van der Waals surface area contributed by atoms with Crippen LogP contribution in [-0.4, -0.2) is 30.5 Å². The number of anilines is 2. The first-order chi connectivity index (χ1) is 14.2. The van der Waals surface area contributed by atoms with Gasteiger partial charge in [-0.05, 0) is 48.7 Å². The van der Waals surface area contributed by atoms with E-state index in [0.29, 0.717) is 16.8 Å². The van der Waals surface area contributed by atoms with Crippen LogP contribution >= 0.6 is 0 Å². The Morgan fingerprint density at radius 1 is 0.931 bits per heavy atom. The Labute approximate surface area is 169 Å². The smallest absolute Gasteiger partial charge is 0.337 e. The summed E-state index contributed by atoms with van der Waals surface area (Å²) in [7, 11) is 1.33. The normalized spacial score (nSPS) is 10.2. The van der Waals surface area contributed by atoms with Gasteiger partial charge in [0.05, 0.1) is 23.9 Å². The second-order valence-electron chi connectivity index (χ2n) is 6.50. The summed E-state index contributed by atoms with van der Waals surface area (Å²) in [5, 5.41) is 6.11. The summed E-state index contributed by atoms with van der Waals surface area (Å²) in [6.45, 7) is 0.788. The Hall–Kier alpha value is -3.67. The first kappa shape index (κ1) is 20.1. The van der Waals surface area contributed by atoms with E-state index < -0.39 is 5.97 Å². The summed E-state index contributed by atoms with van der Waals surface area (Å²) in [6.07, 6.45) is 5.19. The lowest BCUT2D eigenvalue weighted by Gasteiger charge is -2.09. The number of rotatable bonds is 8. The van der Waals surface area contributed by atoms with Crippen molar-refractivity contribution in [1.29, 1.82) is 0 Å². The SMILES string of the molecule is COC(=O)c1ccc(NC(=O)c2cncc(NCCCc3ccccc3)c2)cc1. The molecule has 1 amide bonds. The van der Waals surface area contributed by atoms with Crippen LogP contribution in [0, 0.1) is 0 Å². The molecular weight excluding hydrogens is 366 g/mol. The first-order valence-corrected chi connectivity index (χ1v) is 9.38. The minimum absolute atomic E-state index is 0.267. The Balaban J connectivity index is 1.52. The van der Waals surface area contributed by atoms with Gasteiger partial charge in [0.15, 0.2) is 0 Å². The maximum absolute atomic E-state index is 12.5. The van der Waals surface area contributed by atoms with Crippen molar-refractivity contribution >= 4 is 23.3 Å². The number of aromatic nitrogens is 1. The van der Waals surface area contributed by atoms with Crippen LogP contribution in [0.25, 0.3) is 0 Å². The van der Waals surface area contributed by atoms with Crippen molar-refractivity contribution < 1.29 is 14.3 Å². The lowest BCUT2D eigenvalue weighted by Crippen LogP contribution is -2.13. The molecule has 0 radical (unpaired) electrons. The van der Waals surface area contributed by atoms with Crippen LogP contribution in [0.4, 0.5) is 11.4 Å². The Morgan fingerprint density at radius 2 is 1.69 bits per heavy atom. The molecule has 0 atom stereocenters. The number of pyridine rings is 1. The third-order valence-corrected chi connectivity index (χ3v) is 4.38. The lowest BCUT2D eigenvalue weighted by atomic mass is 10.1. The fourth-order valence-corrected chi connectivity index (χ4v) is 2.84. The third-order valence-electron chi connectivity index (χ3n) is 4.38. The number of esters is 1. The van der Waals surface area contributed by atoms with Crippen molar-refractivity contribution in [2.24, 2.45) is 0 Å². The standard InChI is InChI=1S/C23H23N3O3/c1-29-23(28)18-9-11-20(12-10-18)26-22(27)19-14-21(16-24-15-19)25-13-5-8-17-6-3-2-4-7-17/h2-4,6-7,9-12,14-16,25H,5,8,13H2,1H3,(H,26,27). The van der Waals surface area contributed by atoms with Gasteiger partial charge in [-0.2, -0.15) is 0 Å². The van der Waals surface area contributed by atoms with Crippen LogP contribution in [0.2, 0.25) is 0 Å². The lowest BCUT2D eigenvalue weighted by molar-refractivity contribution is 0.0600. The van der Waals surface area contributed by atoms with Gasteiger partial charge in [-0.3, -0.25) is 9.78 Å². The van der Waals surface area contributed by atoms with Crippen molar-refractivity contribution in [2.75, 3.05) is 24.3 Å². The molecule has 148 valence electrons. The average molecular weight is 389 g/mol. The molecule has 0 aliphatic carbocycles. The number of methoxy groups -OCH3 is 1. The van der Waals surface area contributed by atoms with E-state index in [0.717, 1.165) is 25.1 Å². The number of ether oxygens (including phenoxy) is 1. The Bertz CT molecular complexity index is 957. The largest absolute Gasteiger partial charge is 0.465 e. The zero-order valence-electron chi connectivity index (χ0n) is 16.2. The van der Waals surface area contributed by atoms with Crippen molar-refractivity contribution in [3.8, 4) is 0 Å². The summed E-state index contributed by atoms with van der Waals surface area (Å²) in [5.74, 6) is -0.686. The quantitative estimate of drug-likeness (QED) is 0.447. The van der Waals surface area contributed by atoms with Gasteiger partial charge in [0.2, 0.25) is 0 Å². The number of benzene rings is 2. The fraction of sp³-hybridized carbons (Fsp3) is 0.174. The number of amides is 1. The molecular formula is C23H23N3O3. The maximum atomic E-state index is 12.5. The molecule has 3 rings (SSSR count). The number of nitrogens with one attached hydrogen (secondary N) is 2. The van der Waals surface area contributed by atoms with Crippen molar-refractivity contribution in [1.82, 2.24) is 4.98 Å². The van der Waals surface area contributed by atoms with E-state index in [2.05, 4.69) is 32.5 Å². The molecule has 6 heteroatoms. The van der Waals surface area contributed by atoms with E-state index >= 15 is 0 Å². The third kappa shape index (κ3) is 5.90. The van der Waals surface area contributed by atoms with E-state index in [9.17, 15) is 9.59 Å². The summed E-state index contributed by atoms with van der Waals surface area (Å²) in [6, 6.07) is 18.6. The van der Waals surface area contributed by atoms with Crippen LogP contribution < -0.4 is 10.6 Å². The number of hydrogen-bond acceptors (Lipinski definition) is 5. The molecule has 0 saturated carbocycles. The summed E-state index contributed by atoms with van der Waals surface area (Å²) in [5.41, 5.74) is 3.57. The van der Waals surface area contributed by atoms with Gasteiger partial charge in [0.1, 0.15) is 0 Å². The van der Waals surface area contributed by atoms with Crippen LogP contribution in [0.15, 0.2) is 73.1 Å². The van der Waals surface area contributed by atoms with Crippen LogP contribution in [0.3, 0.4) is 0 Å². The highest BCUT2D eigenvalue weighted by molar-refractivity contribution is 6.04. The number of carbonyl (C=O) groups is 2. The number of carbonyl (C=O) groups excluding carboxylic acids is 2. The zero-order valence-corrected chi connectivity index (χ0v) is 16.2. The minimum atomic E-state index is -0.418. The van der Waals surface area contributed by atoms with Gasteiger partial charge in [0.25, 0.3) is 5.91 Å². The molecule has 1 aromatic heterocycles. The zero-order chi connectivity index (χ0) is 20.5. The molecule has 2 N–H and O–H groups in total. The number of nitrogens with zero attached hydrogens (tertiary/aromatic N) is 1. The summed E-state index contributed by atoms with van der Waals surface area (Å²) < 4.78 is 4.66.